The van der Waals surface area contributed by atoms with Crippen LogP contribution in [0.1, 0.15) is 53.4 Å². The Morgan fingerprint density at radius 2 is 1.83 bits per heavy atom. The maximum absolute atomic E-state index is 12.9. The zero-order valence-corrected chi connectivity index (χ0v) is 18.1. The van der Waals surface area contributed by atoms with Crippen LogP contribution in [0.15, 0.2) is 36.4 Å². The van der Waals surface area contributed by atoms with E-state index in [4.69, 9.17) is 14.2 Å². The Bertz CT molecular complexity index is 928. The highest BCUT2D eigenvalue weighted by Crippen LogP contribution is 2.39. The summed E-state index contributed by atoms with van der Waals surface area (Å²) >= 11 is 0. The SMILES string of the molecule is CCC(C)(CC(C)(C)C(=O)Oc1ccc2ccc(O)cc2c1)C(=O)OC1CCCO1. The molecule has 1 fully saturated rings. The van der Waals surface area contributed by atoms with Gasteiger partial charge in [0.1, 0.15) is 11.5 Å². The minimum Gasteiger partial charge on any atom is -0.508 e. The van der Waals surface area contributed by atoms with Gasteiger partial charge >= 0.3 is 11.9 Å². The number of phenolic OH excluding ortho intramolecular Hbond substituents is 1. The fourth-order valence-electron chi connectivity index (χ4n) is 3.81. The maximum atomic E-state index is 12.9. The summed E-state index contributed by atoms with van der Waals surface area (Å²) in [6.45, 7) is 7.87. The number of aromatic hydroxyl groups is 1. The van der Waals surface area contributed by atoms with E-state index in [0.29, 0.717) is 25.2 Å². The molecule has 30 heavy (non-hydrogen) atoms. The highest BCUT2D eigenvalue weighted by atomic mass is 16.7. The molecule has 1 aliphatic rings. The minimum absolute atomic E-state index is 0.148. The summed E-state index contributed by atoms with van der Waals surface area (Å²) in [5.41, 5.74) is -1.74. The molecular weight excluding hydrogens is 384 g/mol. The molecule has 1 heterocycles. The van der Waals surface area contributed by atoms with Gasteiger partial charge in [-0.2, -0.15) is 0 Å². The summed E-state index contributed by atoms with van der Waals surface area (Å²) in [5.74, 6) is -0.230. The molecule has 1 N–H and O–H groups in total. The molecule has 1 aliphatic heterocycles. The molecule has 6 nitrogen and oxygen atoms in total. The molecule has 1 saturated heterocycles. The van der Waals surface area contributed by atoms with Crippen molar-refractivity contribution in [2.24, 2.45) is 10.8 Å². The standard InChI is InChI=1S/C24H30O6/c1-5-24(4,22(27)30-20-7-6-12-28-20)15-23(2,3)21(26)29-19-11-9-16-8-10-18(25)13-17(16)14-19/h8-11,13-14,20,25H,5-7,12,15H2,1-4H3. The molecule has 2 unspecified atom stereocenters. The van der Waals surface area contributed by atoms with Crippen molar-refractivity contribution in [2.75, 3.05) is 6.61 Å². The summed E-state index contributed by atoms with van der Waals surface area (Å²) in [6.07, 6.45) is 1.91. The molecule has 0 amide bonds. The van der Waals surface area contributed by atoms with Gasteiger partial charge in [0.2, 0.25) is 6.29 Å². The Balaban J connectivity index is 1.71. The molecule has 0 aliphatic carbocycles. The third-order valence-corrected chi connectivity index (χ3v) is 5.79. The first-order valence-electron chi connectivity index (χ1n) is 10.4. The first kappa shape index (κ1) is 22.1. The summed E-state index contributed by atoms with van der Waals surface area (Å²) in [7, 11) is 0. The first-order valence-corrected chi connectivity index (χ1v) is 10.4. The number of phenols is 1. The van der Waals surface area contributed by atoms with Crippen molar-refractivity contribution in [3.05, 3.63) is 36.4 Å². The largest absolute Gasteiger partial charge is 0.508 e. The average molecular weight is 414 g/mol. The van der Waals surface area contributed by atoms with Crippen molar-refractivity contribution in [2.45, 2.75) is 59.7 Å². The summed E-state index contributed by atoms with van der Waals surface area (Å²) in [4.78, 5) is 25.8. The van der Waals surface area contributed by atoms with E-state index in [9.17, 15) is 14.7 Å². The zero-order valence-electron chi connectivity index (χ0n) is 18.1. The van der Waals surface area contributed by atoms with Gasteiger partial charge < -0.3 is 19.3 Å². The van der Waals surface area contributed by atoms with Crippen molar-refractivity contribution >= 4 is 22.7 Å². The van der Waals surface area contributed by atoms with Gasteiger partial charge in [0.25, 0.3) is 0 Å². The van der Waals surface area contributed by atoms with E-state index >= 15 is 0 Å². The van der Waals surface area contributed by atoms with Crippen LogP contribution < -0.4 is 4.74 Å². The maximum Gasteiger partial charge on any atom is 0.316 e. The van der Waals surface area contributed by atoms with E-state index in [1.165, 1.54) is 0 Å². The number of esters is 2. The Morgan fingerprint density at radius 1 is 1.10 bits per heavy atom. The zero-order chi connectivity index (χ0) is 21.9. The Labute approximate surface area is 177 Å². The minimum atomic E-state index is -0.909. The second-order valence-electron chi connectivity index (χ2n) is 8.91. The molecule has 162 valence electrons. The van der Waals surface area contributed by atoms with E-state index in [2.05, 4.69) is 0 Å². The van der Waals surface area contributed by atoms with Crippen LogP contribution in [0, 0.1) is 10.8 Å². The van der Waals surface area contributed by atoms with Gasteiger partial charge in [-0.25, -0.2) is 0 Å². The fourth-order valence-corrected chi connectivity index (χ4v) is 3.81. The monoisotopic (exact) mass is 414 g/mol. The van der Waals surface area contributed by atoms with Crippen molar-refractivity contribution in [1.29, 1.82) is 0 Å². The molecule has 6 heteroatoms. The molecular formula is C24H30O6. The fraction of sp³-hybridized carbons (Fsp3) is 0.500. The quantitative estimate of drug-likeness (QED) is 0.509. The molecule has 0 saturated carbocycles. The Kier molecular flexibility index (Phi) is 6.36. The summed E-state index contributed by atoms with van der Waals surface area (Å²) in [5, 5.41) is 11.4. The van der Waals surface area contributed by atoms with Crippen LogP contribution in [0.2, 0.25) is 0 Å². The van der Waals surface area contributed by atoms with E-state index in [0.717, 1.165) is 17.2 Å². The van der Waals surface area contributed by atoms with Gasteiger partial charge in [-0.05, 0) is 75.1 Å². The number of rotatable bonds is 7. The number of ether oxygens (including phenoxy) is 3. The number of benzene rings is 2. The predicted octanol–water partition coefficient (Wildman–Crippen LogP) is 4.96. The lowest BCUT2D eigenvalue weighted by Gasteiger charge is -2.34. The normalized spacial score (nSPS) is 18.7. The first-order chi connectivity index (χ1) is 14.1. The van der Waals surface area contributed by atoms with Crippen LogP contribution in [0.4, 0.5) is 0 Å². The number of hydrogen-bond donors (Lipinski definition) is 1. The lowest BCUT2D eigenvalue weighted by atomic mass is 9.72. The van der Waals surface area contributed by atoms with Crippen molar-refractivity contribution in [3.8, 4) is 11.5 Å². The van der Waals surface area contributed by atoms with Gasteiger partial charge in [-0.15, -0.1) is 0 Å². The second-order valence-corrected chi connectivity index (χ2v) is 8.91. The molecule has 0 spiro atoms. The Morgan fingerprint density at radius 3 is 2.50 bits per heavy atom. The molecule has 3 rings (SSSR count). The van der Waals surface area contributed by atoms with E-state index in [1.54, 1.807) is 44.2 Å². The molecule has 0 bridgehead atoms. The van der Waals surface area contributed by atoms with E-state index in [-0.39, 0.29) is 18.1 Å². The van der Waals surface area contributed by atoms with Crippen LogP contribution in [0.25, 0.3) is 10.8 Å². The van der Waals surface area contributed by atoms with Crippen molar-refractivity contribution < 1.29 is 28.9 Å². The predicted molar refractivity (Wildman–Crippen MR) is 113 cm³/mol. The van der Waals surface area contributed by atoms with Gasteiger partial charge in [-0.3, -0.25) is 9.59 Å². The van der Waals surface area contributed by atoms with Crippen LogP contribution in [-0.4, -0.2) is 29.9 Å². The number of carbonyl (C=O) groups excluding carboxylic acids is 2. The Hall–Kier alpha value is -2.60. The lowest BCUT2D eigenvalue weighted by Crippen LogP contribution is -2.40. The van der Waals surface area contributed by atoms with Crippen LogP contribution >= 0.6 is 0 Å². The summed E-state index contributed by atoms with van der Waals surface area (Å²) < 4.78 is 16.6. The average Bonchev–Trinajstić information content (AvgIpc) is 3.20. The number of hydrogen-bond acceptors (Lipinski definition) is 6. The van der Waals surface area contributed by atoms with Crippen molar-refractivity contribution in [1.82, 2.24) is 0 Å². The molecule has 0 aromatic heterocycles. The number of fused-ring (bicyclic) bond motifs is 1. The molecule has 2 atom stereocenters. The smallest absolute Gasteiger partial charge is 0.316 e. The van der Waals surface area contributed by atoms with E-state index in [1.807, 2.05) is 19.9 Å². The van der Waals surface area contributed by atoms with Gasteiger partial charge in [0.15, 0.2) is 0 Å². The molecule has 2 aromatic rings. The van der Waals surface area contributed by atoms with Gasteiger partial charge in [0.05, 0.1) is 17.4 Å². The number of carbonyl (C=O) groups is 2. The van der Waals surface area contributed by atoms with Crippen LogP contribution in [0.5, 0.6) is 11.5 Å². The molecule has 0 radical (unpaired) electrons. The van der Waals surface area contributed by atoms with Crippen LogP contribution in [0.3, 0.4) is 0 Å². The third kappa shape index (κ3) is 4.93. The highest BCUT2D eigenvalue weighted by Gasteiger charge is 2.44. The van der Waals surface area contributed by atoms with Crippen LogP contribution in [-0.2, 0) is 19.1 Å². The van der Waals surface area contributed by atoms with Gasteiger partial charge in [0, 0.05) is 6.42 Å². The summed E-state index contributed by atoms with van der Waals surface area (Å²) in [6, 6.07) is 10.3. The second kappa shape index (κ2) is 8.64. The third-order valence-electron chi connectivity index (χ3n) is 5.79. The van der Waals surface area contributed by atoms with Gasteiger partial charge in [-0.1, -0.05) is 19.1 Å². The topological polar surface area (TPSA) is 82.1 Å². The lowest BCUT2D eigenvalue weighted by molar-refractivity contribution is -0.183. The van der Waals surface area contributed by atoms with E-state index < -0.39 is 23.1 Å². The highest BCUT2D eigenvalue weighted by molar-refractivity contribution is 5.87. The van der Waals surface area contributed by atoms with Crippen molar-refractivity contribution in [3.63, 3.8) is 0 Å². The molecule has 2 aromatic carbocycles.